The van der Waals surface area contributed by atoms with Crippen LogP contribution in [0.2, 0.25) is 0 Å². The molecular weight excluding hydrogens is 336 g/mol. The summed E-state index contributed by atoms with van der Waals surface area (Å²) < 4.78 is 0. The third kappa shape index (κ3) is 3.31. The van der Waals surface area contributed by atoms with Gasteiger partial charge in [0.2, 0.25) is 11.8 Å². The Labute approximate surface area is 164 Å². The lowest BCUT2D eigenvalue weighted by atomic mass is 9.63. The Morgan fingerprint density at radius 1 is 0.815 bits per heavy atom. The minimum Gasteiger partial charge on any atom is -0.343 e. The molecule has 0 N–H and O–H groups in total. The van der Waals surface area contributed by atoms with E-state index in [1.54, 1.807) is 0 Å². The van der Waals surface area contributed by atoms with Gasteiger partial charge in [-0.05, 0) is 69.1 Å². The van der Waals surface area contributed by atoms with E-state index in [0.29, 0.717) is 40.9 Å². The molecular formula is C23H36N2O2. The largest absolute Gasteiger partial charge is 0.343 e. The Morgan fingerprint density at radius 2 is 1.37 bits per heavy atom. The lowest BCUT2D eigenvalue weighted by molar-refractivity contribution is -0.160. The van der Waals surface area contributed by atoms with Gasteiger partial charge in [-0.2, -0.15) is 0 Å². The van der Waals surface area contributed by atoms with Crippen molar-refractivity contribution in [1.29, 1.82) is 0 Å². The molecule has 3 aliphatic carbocycles. The summed E-state index contributed by atoms with van der Waals surface area (Å²) >= 11 is 0. The minimum absolute atomic E-state index is 0.326. The maximum absolute atomic E-state index is 13.2. The normalized spacial score (nSPS) is 28.5. The first-order valence-electron chi connectivity index (χ1n) is 11.7. The Balaban J connectivity index is 1.11. The van der Waals surface area contributed by atoms with E-state index in [2.05, 4.69) is 9.80 Å². The van der Waals surface area contributed by atoms with E-state index in [1.807, 2.05) is 0 Å². The van der Waals surface area contributed by atoms with Gasteiger partial charge in [-0.1, -0.05) is 19.3 Å². The topological polar surface area (TPSA) is 40.6 Å². The molecule has 0 atom stereocenters. The van der Waals surface area contributed by atoms with Crippen LogP contribution in [0.15, 0.2) is 0 Å². The second kappa shape index (κ2) is 7.08. The van der Waals surface area contributed by atoms with Gasteiger partial charge in [-0.15, -0.1) is 0 Å². The van der Waals surface area contributed by atoms with Crippen LogP contribution in [0.4, 0.5) is 0 Å². The van der Waals surface area contributed by atoms with Gasteiger partial charge in [-0.25, -0.2) is 0 Å². The lowest BCUT2D eigenvalue weighted by Crippen LogP contribution is -2.64. The third-order valence-electron chi connectivity index (χ3n) is 8.83. The molecule has 0 bridgehead atoms. The maximum atomic E-state index is 13.2. The molecule has 3 saturated carbocycles. The summed E-state index contributed by atoms with van der Waals surface area (Å²) in [6.45, 7) is 3.77. The van der Waals surface area contributed by atoms with Crippen molar-refractivity contribution < 1.29 is 9.59 Å². The molecule has 2 amide bonds. The van der Waals surface area contributed by atoms with Gasteiger partial charge in [-0.3, -0.25) is 9.59 Å². The van der Waals surface area contributed by atoms with Crippen molar-refractivity contribution in [3.8, 4) is 0 Å². The van der Waals surface area contributed by atoms with Crippen LogP contribution in [0, 0.1) is 29.1 Å². The fraction of sp³-hybridized carbons (Fsp3) is 0.913. The molecule has 0 aromatic carbocycles. The molecule has 5 rings (SSSR count). The van der Waals surface area contributed by atoms with E-state index >= 15 is 0 Å². The van der Waals surface area contributed by atoms with Crippen LogP contribution < -0.4 is 0 Å². The zero-order valence-corrected chi connectivity index (χ0v) is 16.8. The summed E-state index contributed by atoms with van der Waals surface area (Å²) in [5.74, 6) is 3.25. The fourth-order valence-electron chi connectivity index (χ4n) is 6.14. The number of carbonyl (C=O) groups is 2. The van der Waals surface area contributed by atoms with Gasteiger partial charge in [0, 0.05) is 43.9 Å². The van der Waals surface area contributed by atoms with Gasteiger partial charge >= 0.3 is 0 Å². The quantitative estimate of drug-likeness (QED) is 0.736. The molecule has 0 radical (unpaired) electrons. The molecule has 2 saturated heterocycles. The van der Waals surface area contributed by atoms with Crippen LogP contribution in [-0.4, -0.2) is 47.8 Å². The molecule has 0 aromatic rings. The molecule has 0 aromatic heterocycles. The van der Waals surface area contributed by atoms with Crippen molar-refractivity contribution in [1.82, 2.24) is 9.80 Å². The molecule has 2 aliphatic heterocycles. The summed E-state index contributed by atoms with van der Waals surface area (Å²) in [6, 6.07) is 0. The van der Waals surface area contributed by atoms with E-state index in [1.165, 1.54) is 57.8 Å². The van der Waals surface area contributed by atoms with Crippen molar-refractivity contribution in [2.75, 3.05) is 26.2 Å². The second-order valence-electron chi connectivity index (χ2n) is 10.5. The van der Waals surface area contributed by atoms with Gasteiger partial charge in [0.1, 0.15) is 0 Å². The van der Waals surface area contributed by atoms with E-state index in [-0.39, 0.29) is 0 Å². The smallest absolute Gasteiger partial charge is 0.226 e. The highest BCUT2D eigenvalue weighted by Crippen LogP contribution is 2.48. The van der Waals surface area contributed by atoms with E-state index < -0.39 is 0 Å². The zero-order chi connectivity index (χ0) is 18.4. The van der Waals surface area contributed by atoms with Gasteiger partial charge < -0.3 is 9.80 Å². The van der Waals surface area contributed by atoms with Gasteiger partial charge in [0.15, 0.2) is 0 Å². The van der Waals surface area contributed by atoms with Crippen molar-refractivity contribution in [2.45, 2.75) is 77.0 Å². The predicted molar refractivity (Wildman–Crippen MR) is 105 cm³/mol. The van der Waals surface area contributed by atoms with Crippen molar-refractivity contribution >= 4 is 11.8 Å². The monoisotopic (exact) mass is 372 g/mol. The van der Waals surface area contributed by atoms with Crippen LogP contribution in [0.25, 0.3) is 0 Å². The van der Waals surface area contributed by atoms with Crippen LogP contribution in [0.3, 0.4) is 0 Å². The average molecular weight is 373 g/mol. The number of hydrogen-bond acceptors (Lipinski definition) is 2. The molecule has 150 valence electrons. The van der Waals surface area contributed by atoms with Crippen LogP contribution >= 0.6 is 0 Å². The van der Waals surface area contributed by atoms with Crippen LogP contribution in [0.1, 0.15) is 77.0 Å². The molecule has 4 nitrogen and oxygen atoms in total. The number of carbonyl (C=O) groups excluding carboxylic acids is 2. The number of amides is 2. The van der Waals surface area contributed by atoms with E-state index in [9.17, 15) is 9.59 Å². The Morgan fingerprint density at radius 3 is 1.81 bits per heavy atom. The highest BCUT2D eigenvalue weighted by molar-refractivity contribution is 5.81. The molecule has 4 heteroatoms. The standard InChI is InChI=1S/C23H36N2O2/c26-20(14-17-4-1-5-17)24-12-10-23(11-13-24)15-25(16-23)22(27)21(18-6-2-7-18)19-8-3-9-19/h17-19,21H,1-16H2. The highest BCUT2D eigenvalue weighted by Gasteiger charge is 2.51. The molecule has 1 spiro atoms. The Bertz CT molecular complexity index is 561. The maximum Gasteiger partial charge on any atom is 0.226 e. The van der Waals surface area contributed by atoms with E-state index in [0.717, 1.165) is 45.4 Å². The van der Waals surface area contributed by atoms with Crippen LogP contribution in [0.5, 0.6) is 0 Å². The number of nitrogens with zero attached hydrogens (tertiary/aromatic N) is 2. The zero-order valence-electron chi connectivity index (χ0n) is 16.8. The number of hydrogen-bond donors (Lipinski definition) is 0. The van der Waals surface area contributed by atoms with Gasteiger partial charge in [0.05, 0.1) is 0 Å². The lowest BCUT2D eigenvalue weighted by Gasteiger charge is -2.56. The average Bonchev–Trinajstić information content (AvgIpc) is 2.51. The number of rotatable bonds is 5. The molecule has 5 fully saturated rings. The van der Waals surface area contributed by atoms with Gasteiger partial charge in [0.25, 0.3) is 0 Å². The molecule has 0 unspecified atom stereocenters. The minimum atomic E-state index is 0.326. The highest BCUT2D eigenvalue weighted by atomic mass is 16.2. The van der Waals surface area contributed by atoms with Crippen LogP contribution in [-0.2, 0) is 9.59 Å². The molecule has 27 heavy (non-hydrogen) atoms. The van der Waals surface area contributed by atoms with E-state index in [4.69, 9.17) is 0 Å². The summed E-state index contributed by atoms with van der Waals surface area (Å²) in [5, 5.41) is 0. The Hall–Kier alpha value is -1.06. The third-order valence-corrected chi connectivity index (χ3v) is 8.83. The van der Waals surface area contributed by atoms with Crippen molar-refractivity contribution in [2.24, 2.45) is 29.1 Å². The summed E-state index contributed by atoms with van der Waals surface area (Å²) in [5.41, 5.74) is 0.326. The second-order valence-corrected chi connectivity index (χ2v) is 10.5. The Kier molecular flexibility index (Phi) is 4.72. The first kappa shape index (κ1) is 18.0. The summed E-state index contributed by atoms with van der Waals surface area (Å²) in [7, 11) is 0. The summed E-state index contributed by atoms with van der Waals surface area (Å²) in [4.78, 5) is 30.0. The fourth-order valence-corrected chi connectivity index (χ4v) is 6.14. The first-order valence-corrected chi connectivity index (χ1v) is 11.7. The van der Waals surface area contributed by atoms with Crippen molar-refractivity contribution in [3.05, 3.63) is 0 Å². The first-order chi connectivity index (χ1) is 13.1. The van der Waals surface area contributed by atoms with Crippen molar-refractivity contribution in [3.63, 3.8) is 0 Å². The summed E-state index contributed by atoms with van der Waals surface area (Å²) in [6.07, 6.45) is 14.6. The number of likely N-dealkylation sites (tertiary alicyclic amines) is 2. The predicted octanol–water partition coefficient (Wildman–Crippen LogP) is 3.84. The molecule has 5 aliphatic rings. The number of piperidine rings is 1. The SMILES string of the molecule is O=C(CC1CCC1)N1CCC2(CC1)CN(C(=O)C(C1CCC1)C1CCC1)C2. The molecule has 2 heterocycles.